The lowest BCUT2D eigenvalue weighted by Crippen LogP contribution is -2.24. The standard InChI is InChI=1S/C20H15NO4/c22-19(21-18-9-5-4-8-17(18)20(23)24)14-10-12-16(13-11-14)25-15-6-2-1-3-7-15/h1-13H,(H,21,22)(H,23,24)/p-1. The van der Waals surface area contributed by atoms with E-state index in [2.05, 4.69) is 5.32 Å². The summed E-state index contributed by atoms with van der Waals surface area (Å²) in [6, 6.07) is 21.9. The minimum Gasteiger partial charge on any atom is -0.545 e. The van der Waals surface area contributed by atoms with Crippen LogP contribution in [0, 0.1) is 0 Å². The molecule has 0 bridgehead atoms. The first-order valence-corrected chi connectivity index (χ1v) is 7.58. The summed E-state index contributed by atoms with van der Waals surface area (Å²) in [6.45, 7) is 0. The first-order chi connectivity index (χ1) is 12.1. The molecular weight excluding hydrogens is 318 g/mol. The number of aromatic carboxylic acids is 1. The number of carboxylic acids is 1. The van der Waals surface area contributed by atoms with E-state index in [4.69, 9.17) is 4.74 Å². The summed E-state index contributed by atoms with van der Waals surface area (Å²) in [5, 5.41) is 13.7. The third-order valence-electron chi connectivity index (χ3n) is 3.49. The molecule has 0 saturated heterocycles. The molecule has 25 heavy (non-hydrogen) atoms. The second-order valence-corrected chi connectivity index (χ2v) is 5.23. The van der Waals surface area contributed by atoms with Gasteiger partial charge in [0.15, 0.2) is 0 Å². The van der Waals surface area contributed by atoms with Gasteiger partial charge in [0.05, 0.1) is 11.7 Å². The SMILES string of the molecule is O=C(Nc1ccccc1C(=O)[O-])c1ccc(Oc2ccccc2)cc1. The number of carboxylic acid groups (broad SMARTS) is 1. The third kappa shape index (κ3) is 4.03. The van der Waals surface area contributed by atoms with Crippen LogP contribution in [0.3, 0.4) is 0 Å². The van der Waals surface area contributed by atoms with Crippen molar-refractivity contribution in [3.05, 3.63) is 90.0 Å². The Balaban J connectivity index is 1.72. The highest BCUT2D eigenvalue weighted by Gasteiger charge is 2.10. The molecular formula is C20H14NO4-. The van der Waals surface area contributed by atoms with Gasteiger partial charge in [0.1, 0.15) is 11.5 Å². The van der Waals surface area contributed by atoms with Crippen molar-refractivity contribution >= 4 is 17.6 Å². The summed E-state index contributed by atoms with van der Waals surface area (Å²) in [5.41, 5.74) is 0.505. The van der Waals surface area contributed by atoms with E-state index in [0.717, 1.165) is 0 Å². The molecule has 0 aromatic heterocycles. The maximum Gasteiger partial charge on any atom is 0.255 e. The molecule has 3 rings (SSSR count). The van der Waals surface area contributed by atoms with E-state index in [0.29, 0.717) is 17.1 Å². The van der Waals surface area contributed by atoms with Gasteiger partial charge in [-0.1, -0.05) is 36.4 Å². The van der Waals surface area contributed by atoms with Crippen molar-refractivity contribution < 1.29 is 19.4 Å². The van der Waals surface area contributed by atoms with Crippen molar-refractivity contribution in [3.63, 3.8) is 0 Å². The van der Waals surface area contributed by atoms with Gasteiger partial charge in [-0.05, 0) is 42.5 Å². The Morgan fingerprint density at radius 1 is 0.760 bits per heavy atom. The first-order valence-electron chi connectivity index (χ1n) is 7.58. The average molecular weight is 332 g/mol. The fourth-order valence-corrected chi connectivity index (χ4v) is 2.26. The molecule has 1 amide bonds. The van der Waals surface area contributed by atoms with Crippen LogP contribution in [-0.4, -0.2) is 11.9 Å². The highest BCUT2D eigenvalue weighted by Crippen LogP contribution is 2.22. The maximum absolute atomic E-state index is 12.3. The second-order valence-electron chi connectivity index (χ2n) is 5.23. The quantitative estimate of drug-likeness (QED) is 0.779. The highest BCUT2D eigenvalue weighted by molar-refractivity contribution is 6.07. The normalized spacial score (nSPS) is 10.1. The number of amides is 1. The van der Waals surface area contributed by atoms with Gasteiger partial charge in [-0.2, -0.15) is 0 Å². The molecule has 1 N–H and O–H groups in total. The Labute approximate surface area is 144 Å². The molecule has 0 spiro atoms. The Morgan fingerprint density at radius 3 is 2.04 bits per heavy atom. The number of carbonyl (C=O) groups excluding carboxylic acids is 2. The number of para-hydroxylation sites is 2. The van der Waals surface area contributed by atoms with Gasteiger partial charge in [-0.15, -0.1) is 0 Å². The molecule has 0 atom stereocenters. The average Bonchev–Trinajstić information content (AvgIpc) is 2.63. The molecule has 3 aromatic rings. The number of nitrogens with one attached hydrogen (secondary N) is 1. The van der Waals surface area contributed by atoms with Crippen LogP contribution in [0.25, 0.3) is 0 Å². The number of hydrogen-bond acceptors (Lipinski definition) is 4. The van der Waals surface area contributed by atoms with Crippen LogP contribution in [0.1, 0.15) is 20.7 Å². The molecule has 0 fully saturated rings. The van der Waals surface area contributed by atoms with Crippen LogP contribution >= 0.6 is 0 Å². The zero-order chi connectivity index (χ0) is 17.6. The number of hydrogen-bond donors (Lipinski definition) is 1. The Bertz CT molecular complexity index is 889. The van der Waals surface area contributed by atoms with Crippen LogP contribution in [0.4, 0.5) is 5.69 Å². The van der Waals surface area contributed by atoms with Crippen molar-refractivity contribution in [2.45, 2.75) is 0 Å². The molecule has 5 nitrogen and oxygen atoms in total. The second kappa shape index (κ2) is 7.31. The predicted octanol–water partition coefficient (Wildman–Crippen LogP) is 3.09. The zero-order valence-electron chi connectivity index (χ0n) is 13.1. The fraction of sp³-hybridized carbons (Fsp3) is 0. The van der Waals surface area contributed by atoms with Crippen LogP contribution < -0.4 is 15.2 Å². The van der Waals surface area contributed by atoms with Gasteiger partial charge < -0.3 is 20.0 Å². The lowest BCUT2D eigenvalue weighted by atomic mass is 10.1. The molecule has 0 aliphatic heterocycles. The first kappa shape index (κ1) is 16.3. The van der Waals surface area contributed by atoms with Crippen molar-refractivity contribution in [2.75, 3.05) is 5.32 Å². The number of carbonyl (C=O) groups is 2. The largest absolute Gasteiger partial charge is 0.545 e. The Kier molecular flexibility index (Phi) is 4.76. The molecule has 0 aliphatic rings. The number of ether oxygens (including phenoxy) is 1. The maximum atomic E-state index is 12.3. The summed E-state index contributed by atoms with van der Waals surface area (Å²) in [5.74, 6) is -0.469. The molecule has 5 heteroatoms. The number of anilines is 1. The molecule has 0 heterocycles. The summed E-state index contributed by atoms with van der Waals surface area (Å²) in [6.07, 6.45) is 0. The van der Waals surface area contributed by atoms with E-state index in [9.17, 15) is 14.7 Å². The summed E-state index contributed by atoms with van der Waals surface area (Å²) in [7, 11) is 0. The van der Waals surface area contributed by atoms with Gasteiger partial charge in [0.2, 0.25) is 0 Å². The topological polar surface area (TPSA) is 78.5 Å². The van der Waals surface area contributed by atoms with Crippen molar-refractivity contribution in [1.29, 1.82) is 0 Å². The van der Waals surface area contributed by atoms with Crippen LogP contribution in [0.15, 0.2) is 78.9 Å². The van der Waals surface area contributed by atoms with Crippen LogP contribution in [0.2, 0.25) is 0 Å². The van der Waals surface area contributed by atoms with E-state index < -0.39 is 11.9 Å². The third-order valence-corrected chi connectivity index (χ3v) is 3.49. The van der Waals surface area contributed by atoms with Gasteiger partial charge in [0.25, 0.3) is 5.91 Å². The lowest BCUT2D eigenvalue weighted by Gasteiger charge is -2.12. The molecule has 3 aromatic carbocycles. The highest BCUT2D eigenvalue weighted by atomic mass is 16.5. The lowest BCUT2D eigenvalue weighted by molar-refractivity contribution is -0.254. The van der Waals surface area contributed by atoms with Gasteiger partial charge >= 0.3 is 0 Å². The van der Waals surface area contributed by atoms with E-state index in [-0.39, 0.29) is 11.3 Å². The predicted molar refractivity (Wildman–Crippen MR) is 91.7 cm³/mol. The van der Waals surface area contributed by atoms with Crippen molar-refractivity contribution in [1.82, 2.24) is 0 Å². The van der Waals surface area contributed by atoms with Gasteiger partial charge in [-0.3, -0.25) is 4.79 Å². The fourth-order valence-electron chi connectivity index (χ4n) is 2.26. The Hall–Kier alpha value is -3.60. The minimum absolute atomic E-state index is 0.0696. The van der Waals surface area contributed by atoms with Gasteiger partial charge in [-0.25, -0.2) is 0 Å². The van der Waals surface area contributed by atoms with Crippen LogP contribution in [0.5, 0.6) is 11.5 Å². The van der Waals surface area contributed by atoms with Gasteiger partial charge in [0, 0.05) is 11.1 Å². The number of benzene rings is 3. The molecule has 0 aliphatic carbocycles. The Morgan fingerprint density at radius 2 is 1.36 bits per heavy atom. The minimum atomic E-state index is -1.34. The summed E-state index contributed by atoms with van der Waals surface area (Å²) < 4.78 is 5.66. The number of rotatable bonds is 5. The van der Waals surface area contributed by atoms with E-state index in [1.807, 2.05) is 30.3 Å². The zero-order valence-corrected chi connectivity index (χ0v) is 13.1. The smallest absolute Gasteiger partial charge is 0.255 e. The van der Waals surface area contributed by atoms with Crippen molar-refractivity contribution in [3.8, 4) is 11.5 Å². The molecule has 0 saturated carbocycles. The van der Waals surface area contributed by atoms with E-state index >= 15 is 0 Å². The van der Waals surface area contributed by atoms with Crippen molar-refractivity contribution in [2.24, 2.45) is 0 Å². The van der Waals surface area contributed by atoms with E-state index in [1.54, 1.807) is 36.4 Å². The molecule has 0 radical (unpaired) electrons. The summed E-state index contributed by atoms with van der Waals surface area (Å²) in [4.78, 5) is 23.4. The summed E-state index contributed by atoms with van der Waals surface area (Å²) >= 11 is 0. The molecule has 124 valence electrons. The van der Waals surface area contributed by atoms with Crippen LogP contribution in [-0.2, 0) is 0 Å². The van der Waals surface area contributed by atoms with E-state index in [1.165, 1.54) is 12.1 Å². The monoisotopic (exact) mass is 332 g/mol. The molecule has 0 unspecified atom stereocenters.